The van der Waals surface area contributed by atoms with Crippen LogP contribution in [0.5, 0.6) is 0 Å². The average molecular weight is 285 g/mol. The zero-order chi connectivity index (χ0) is 15.2. The molecule has 0 fully saturated rings. The van der Waals surface area contributed by atoms with E-state index in [0.29, 0.717) is 17.6 Å². The molecule has 2 rings (SSSR count). The Bertz CT molecular complexity index is 573. The Kier molecular flexibility index (Phi) is 4.93. The molecule has 1 aromatic rings. The van der Waals surface area contributed by atoms with E-state index in [1.54, 1.807) is 23.2 Å². The molecule has 4 nitrogen and oxygen atoms in total. The lowest BCUT2D eigenvalue weighted by atomic mass is 10.1. The van der Waals surface area contributed by atoms with Gasteiger partial charge in [0.15, 0.2) is 5.78 Å². The standard InChI is InChI=1S/C17H19NO3/c1-13(2)21-17(20)15-9-6-10-18(11-15)12-16(19)14-7-4-3-5-8-14/h3-8,10-11,13H,9,12H2,1-2H3. The van der Waals surface area contributed by atoms with Gasteiger partial charge in [0.25, 0.3) is 0 Å². The van der Waals surface area contributed by atoms with Crippen LogP contribution in [0.25, 0.3) is 0 Å². The molecule has 0 bridgehead atoms. The SMILES string of the molecule is CC(C)OC(=O)C1=CN(CC(=O)c2ccccc2)C=CC1. The number of ether oxygens (including phenoxy) is 1. The van der Waals surface area contributed by atoms with Crippen LogP contribution in [0, 0.1) is 0 Å². The number of rotatable bonds is 5. The predicted octanol–water partition coefficient (Wildman–Crippen LogP) is 2.92. The third-order valence-corrected chi connectivity index (χ3v) is 2.98. The largest absolute Gasteiger partial charge is 0.460 e. The maximum absolute atomic E-state index is 12.1. The number of hydrogen-bond donors (Lipinski definition) is 0. The van der Waals surface area contributed by atoms with Crippen LogP contribution in [-0.4, -0.2) is 29.3 Å². The second kappa shape index (κ2) is 6.88. The van der Waals surface area contributed by atoms with Crippen molar-refractivity contribution in [3.8, 4) is 0 Å². The molecule has 1 heterocycles. The molecule has 0 saturated heterocycles. The third-order valence-electron chi connectivity index (χ3n) is 2.98. The molecule has 110 valence electrons. The van der Waals surface area contributed by atoms with Crippen molar-refractivity contribution in [2.45, 2.75) is 26.4 Å². The molecule has 0 spiro atoms. The lowest BCUT2D eigenvalue weighted by molar-refractivity contribution is -0.142. The molecule has 0 aliphatic carbocycles. The van der Waals surface area contributed by atoms with E-state index in [1.165, 1.54) is 0 Å². The molecule has 0 N–H and O–H groups in total. The van der Waals surface area contributed by atoms with Gasteiger partial charge in [-0.25, -0.2) is 4.79 Å². The number of allylic oxidation sites excluding steroid dienone is 1. The average Bonchev–Trinajstić information content (AvgIpc) is 2.47. The van der Waals surface area contributed by atoms with E-state index in [2.05, 4.69) is 0 Å². The number of esters is 1. The van der Waals surface area contributed by atoms with Crippen LogP contribution in [0.1, 0.15) is 30.6 Å². The molecule has 0 amide bonds. The van der Waals surface area contributed by atoms with Crippen LogP contribution in [0.4, 0.5) is 0 Å². The van der Waals surface area contributed by atoms with Gasteiger partial charge in [-0.1, -0.05) is 36.4 Å². The fourth-order valence-corrected chi connectivity index (χ4v) is 2.02. The summed E-state index contributed by atoms with van der Waals surface area (Å²) >= 11 is 0. The summed E-state index contributed by atoms with van der Waals surface area (Å²) in [5.41, 5.74) is 1.23. The second-order valence-electron chi connectivity index (χ2n) is 5.16. The molecule has 0 aromatic heterocycles. The molecular weight excluding hydrogens is 266 g/mol. The van der Waals surface area contributed by atoms with Gasteiger partial charge in [-0.05, 0) is 13.8 Å². The number of Topliss-reactive ketones (excluding diaryl/α,β-unsaturated/α-hetero) is 1. The number of hydrogen-bond acceptors (Lipinski definition) is 4. The highest BCUT2D eigenvalue weighted by molar-refractivity contribution is 5.98. The van der Waals surface area contributed by atoms with Crippen molar-refractivity contribution >= 4 is 11.8 Å². The van der Waals surface area contributed by atoms with Crippen LogP contribution in [-0.2, 0) is 9.53 Å². The van der Waals surface area contributed by atoms with Gasteiger partial charge in [-0.15, -0.1) is 0 Å². The Morgan fingerprint density at radius 2 is 1.95 bits per heavy atom. The van der Waals surface area contributed by atoms with Crippen molar-refractivity contribution < 1.29 is 14.3 Å². The van der Waals surface area contributed by atoms with Crippen molar-refractivity contribution in [1.82, 2.24) is 4.90 Å². The van der Waals surface area contributed by atoms with E-state index < -0.39 is 0 Å². The van der Waals surface area contributed by atoms with Gasteiger partial charge in [0.1, 0.15) is 0 Å². The lowest BCUT2D eigenvalue weighted by Gasteiger charge is -2.20. The summed E-state index contributed by atoms with van der Waals surface area (Å²) in [6.07, 6.45) is 5.73. The van der Waals surface area contributed by atoms with Crippen LogP contribution < -0.4 is 0 Å². The van der Waals surface area contributed by atoms with E-state index in [9.17, 15) is 9.59 Å². The van der Waals surface area contributed by atoms with Crippen LogP contribution >= 0.6 is 0 Å². The highest BCUT2D eigenvalue weighted by atomic mass is 16.5. The number of carbonyl (C=O) groups is 2. The minimum Gasteiger partial charge on any atom is -0.460 e. The highest BCUT2D eigenvalue weighted by Gasteiger charge is 2.17. The summed E-state index contributed by atoms with van der Waals surface area (Å²) in [4.78, 5) is 25.7. The zero-order valence-corrected chi connectivity index (χ0v) is 12.3. The first-order valence-corrected chi connectivity index (χ1v) is 6.98. The molecule has 0 saturated carbocycles. The summed E-state index contributed by atoms with van der Waals surface area (Å²) in [7, 11) is 0. The van der Waals surface area contributed by atoms with Gasteiger partial charge in [-0.2, -0.15) is 0 Å². The zero-order valence-electron chi connectivity index (χ0n) is 12.3. The number of ketones is 1. The smallest absolute Gasteiger partial charge is 0.336 e. The van der Waals surface area contributed by atoms with E-state index in [4.69, 9.17) is 4.74 Å². The van der Waals surface area contributed by atoms with Crippen molar-refractivity contribution in [3.05, 3.63) is 59.9 Å². The van der Waals surface area contributed by atoms with Gasteiger partial charge in [0.2, 0.25) is 0 Å². The first kappa shape index (κ1) is 15.0. The number of benzene rings is 1. The van der Waals surface area contributed by atoms with Gasteiger partial charge in [-0.3, -0.25) is 4.79 Å². The summed E-state index contributed by atoms with van der Waals surface area (Å²) in [6, 6.07) is 9.11. The molecule has 1 aliphatic heterocycles. The van der Waals surface area contributed by atoms with E-state index in [-0.39, 0.29) is 24.4 Å². The normalized spacial score (nSPS) is 14.0. The fraction of sp³-hybridized carbons (Fsp3) is 0.294. The Labute approximate surface area is 124 Å². The molecule has 1 aliphatic rings. The Morgan fingerprint density at radius 1 is 1.24 bits per heavy atom. The minimum absolute atomic E-state index is 0.00924. The molecule has 0 atom stereocenters. The molecule has 21 heavy (non-hydrogen) atoms. The Hall–Kier alpha value is -2.36. The molecule has 0 unspecified atom stereocenters. The Balaban J connectivity index is 2.02. The summed E-state index contributed by atoms with van der Waals surface area (Å²) in [5.74, 6) is -0.318. The van der Waals surface area contributed by atoms with E-state index >= 15 is 0 Å². The number of nitrogens with zero attached hydrogens (tertiary/aromatic N) is 1. The Morgan fingerprint density at radius 3 is 2.62 bits per heavy atom. The van der Waals surface area contributed by atoms with Crippen LogP contribution in [0.15, 0.2) is 54.4 Å². The van der Waals surface area contributed by atoms with Crippen LogP contribution in [0.3, 0.4) is 0 Å². The fourth-order valence-electron chi connectivity index (χ4n) is 2.02. The van der Waals surface area contributed by atoms with Crippen molar-refractivity contribution in [2.24, 2.45) is 0 Å². The van der Waals surface area contributed by atoms with Gasteiger partial charge < -0.3 is 9.64 Å². The van der Waals surface area contributed by atoms with E-state index in [1.807, 2.05) is 44.3 Å². The molecule has 0 radical (unpaired) electrons. The first-order valence-electron chi connectivity index (χ1n) is 6.98. The summed E-state index contributed by atoms with van der Waals surface area (Å²) in [5, 5.41) is 0. The van der Waals surface area contributed by atoms with Crippen molar-refractivity contribution in [1.29, 1.82) is 0 Å². The van der Waals surface area contributed by atoms with Gasteiger partial charge >= 0.3 is 5.97 Å². The minimum atomic E-state index is -0.327. The summed E-state index contributed by atoms with van der Waals surface area (Å²) in [6.45, 7) is 3.83. The van der Waals surface area contributed by atoms with Gasteiger partial charge in [0, 0.05) is 24.4 Å². The molecule has 4 heteroatoms. The van der Waals surface area contributed by atoms with Crippen molar-refractivity contribution in [3.63, 3.8) is 0 Å². The first-order chi connectivity index (χ1) is 10.1. The number of carbonyl (C=O) groups excluding carboxylic acids is 2. The van der Waals surface area contributed by atoms with Crippen molar-refractivity contribution in [2.75, 3.05) is 6.54 Å². The summed E-state index contributed by atoms with van der Waals surface area (Å²) < 4.78 is 5.17. The highest BCUT2D eigenvalue weighted by Crippen LogP contribution is 2.15. The third kappa shape index (κ3) is 4.31. The topological polar surface area (TPSA) is 46.6 Å². The lowest BCUT2D eigenvalue weighted by Crippen LogP contribution is -2.24. The second-order valence-corrected chi connectivity index (χ2v) is 5.16. The van der Waals surface area contributed by atoms with Crippen LogP contribution in [0.2, 0.25) is 0 Å². The quantitative estimate of drug-likeness (QED) is 0.616. The monoisotopic (exact) mass is 285 g/mol. The maximum Gasteiger partial charge on any atom is 0.336 e. The predicted molar refractivity (Wildman–Crippen MR) is 80.5 cm³/mol. The van der Waals surface area contributed by atoms with E-state index in [0.717, 1.165) is 0 Å². The molecular formula is C17H19NO3. The molecule has 1 aromatic carbocycles. The van der Waals surface area contributed by atoms with Gasteiger partial charge in [0.05, 0.1) is 18.2 Å². The maximum atomic E-state index is 12.1.